The summed E-state index contributed by atoms with van der Waals surface area (Å²) >= 11 is 0. The van der Waals surface area contributed by atoms with Crippen molar-refractivity contribution < 1.29 is 0 Å². The lowest BCUT2D eigenvalue weighted by atomic mass is 9.87. The molecule has 0 aromatic rings. The second-order valence-corrected chi connectivity index (χ2v) is 3.87. The Morgan fingerprint density at radius 3 is 2.80 bits per heavy atom. The van der Waals surface area contributed by atoms with E-state index in [0.29, 0.717) is 5.41 Å². The average molecular weight is 142 g/mol. The van der Waals surface area contributed by atoms with Crippen LogP contribution < -0.4 is 10.6 Å². The van der Waals surface area contributed by atoms with Gasteiger partial charge in [0.15, 0.2) is 0 Å². The number of hydrogen-bond acceptors (Lipinski definition) is 2. The standard InChI is InChI=1S/C8H18N2/c1-8(2)4-3-5-9-7-10-6-8/h9-10H,3-7H2,1-2H3. The van der Waals surface area contributed by atoms with E-state index in [1.165, 1.54) is 12.8 Å². The Bertz CT molecular complexity index is 89.4. The zero-order valence-electron chi connectivity index (χ0n) is 7.04. The van der Waals surface area contributed by atoms with E-state index in [4.69, 9.17) is 0 Å². The third-order valence-corrected chi connectivity index (χ3v) is 2.06. The van der Waals surface area contributed by atoms with Crippen LogP contribution in [0.15, 0.2) is 0 Å². The molecule has 1 aliphatic heterocycles. The first kappa shape index (κ1) is 8.02. The number of hydrogen-bond donors (Lipinski definition) is 2. The van der Waals surface area contributed by atoms with E-state index < -0.39 is 0 Å². The molecular formula is C8H18N2. The highest BCUT2D eigenvalue weighted by atomic mass is 15.1. The van der Waals surface area contributed by atoms with Crippen molar-refractivity contribution >= 4 is 0 Å². The Morgan fingerprint density at radius 1 is 1.20 bits per heavy atom. The fourth-order valence-electron chi connectivity index (χ4n) is 1.36. The predicted molar refractivity (Wildman–Crippen MR) is 43.9 cm³/mol. The van der Waals surface area contributed by atoms with E-state index in [2.05, 4.69) is 24.5 Å². The Hall–Kier alpha value is -0.0800. The molecule has 2 N–H and O–H groups in total. The first-order valence-corrected chi connectivity index (χ1v) is 4.12. The monoisotopic (exact) mass is 142 g/mol. The summed E-state index contributed by atoms with van der Waals surface area (Å²) in [4.78, 5) is 0. The van der Waals surface area contributed by atoms with Crippen LogP contribution in [-0.4, -0.2) is 19.8 Å². The Kier molecular flexibility index (Phi) is 2.69. The molecule has 0 radical (unpaired) electrons. The minimum absolute atomic E-state index is 0.502. The van der Waals surface area contributed by atoms with Gasteiger partial charge in [0.25, 0.3) is 0 Å². The fourth-order valence-corrected chi connectivity index (χ4v) is 1.36. The van der Waals surface area contributed by atoms with E-state index in [1.54, 1.807) is 0 Å². The summed E-state index contributed by atoms with van der Waals surface area (Å²) < 4.78 is 0. The van der Waals surface area contributed by atoms with Gasteiger partial charge in [0, 0.05) is 13.2 Å². The molecule has 10 heavy (non-hydrogen) atoms. The van der Waals surface area contributed by atoms with Gasteiger partial charge < -0.3 is 10.6 Å². The molecule has 0 aromatic heterocycles. The second kappa shape index (κ2) is 3.35. The summed E-state index contributed by atoms with van der Waals surface area (Å²) in [7, 11) is 0. The summed E-state index contributed by atoms with van der Waals surface area (Å²) in [6.45, 7) is 7.93. The minimum Gasteiger partial charge on any atom is -0.304 e. The summed E-state index contributed by atoms with van der Waals surface area (Å²) in [6, 6.07) is 0. The van der Waals surface area contributed by atoms with Crippen LogP contribution in [0.1, 0.15) is 26.7 Å². The summed E-state index contributed by atoms with van der Waals surface area (Å²) in [6.07, 6.45) is 2.64. The minimum atomic E-state index is 0.502. The molecule has 1 aliphatic rings. The molecule has 1 heterocycles. The van der Waals surface area contributed by atoms with Crippen molar-refractivity contribution in [2.24, 2.45) is 5.41 Å². The molecule has 0 spiro atoms. The lowest BCUT2D eigenvalue weighted by Crippen LogP contribution is -2.39. The van der Waals surface area contributed by atoms with Gasteiger partial charge in [-0.2, -0.15) is 0 Å². The summed E-state index contributed by atoms with van der Waals surface area (Å²) in [5.41, 5.74) is 0.502. The van der Waals surface area contributed by atoms with Gasteiger partial charge >= 0.3 is 0 Å². The van der Waals surface area contributed by atoms with Crippen molar-refractivity contribution in [2.45, 2.75) is 26.7 Å². The number of rotatable bonds is 0. The maximum atomic E-state index is 3.37. The van der Waals surface area contributed by atoms with E-state index in [-0.39, 0.29) is 0 Å². The van der Waals surface area contributed by atoms with Gasteiger partial charge in [0.05, 0.1) is 0 Å². The normalized spacial score (nSPS) is 27.0. The zero-order valence-corrected chi connectivity index (χ0v) is 7.04. The van der Waals surface area contributed by atoms with Crippen LogP contribution in [0.4, 0.5) is 0 Å². The maximum Gasteiger partial charge on any atom is 0.0454 e. The predicted octanol–water partition coefficient (Wildman–Crippen LogP) is 0.943. The third kappa shape index (κ3) is 2.67. The van der Waals surface area contributed by atoms with E-state index in [1.807, 2.05) is 0 Å². The Labute approximate surface area is 63.4 Å². The molecule has 0 aromatic carbocycles. The highest BCUT2D eigenvalue weighted by molar-refractivity contribution is 4.73. The van der Waals surface area contributed by atoms with Crippen LogP contribution in [0, 0.1) is 5.41 Å². The first-order valence-electron chi connectivity index (χ1n) is 4.12. The highest BCUT2D eigenvalue weighted by Crippen LogP contribution is 2.20. The van der Waals surface area contributed by atoms with Gasteiger partial charge in [-0.05, 0) is 24.8 Å². The fraction of sp³-hybridized carbons (Fsp3) is 1.00. The zero-order chi connectivity index (χ0) is 7.45. The smallest absolute Gasteiger partial charge is 0.0454 e. The third-order valence-electron chi connectivity index (χ3n) is 2.06. The van der Waals surface area contributed by atoms with Crippen molar-refractivity contribution in [3.63, 3.8) is 0 Å². The molecule has 0 atom stereocenters. The molecule has 2 heteroatoms. The molecule has 2 nitrogen and oxygen atoms in total. The van der Waals surface area contributed by atoms with Gasteiger partial charge in [-0.3, -0.25) is 0 Å². The van der Waals surface area contributed by atoms with E-state index in [9.17, 15) is 0 Å². The molecule has 0 bridgehead atoms. The lowest BCUT2D eigenvalue weighted by Gasteiger charge is -2.27. The van der Waals surface area contributed by atoms with Crippen LogP contribution in [-0.2, 0) is 0 Å². The molecule has 0 amide bonds. The molecule has 0 saturated carbocycles. The molecule has 60 valence electrons. The Balaban J connectivity index is 2.30. The average Bonchev–Trinajstić information content (AvgIpc) is 1.81. The first-order chi connectivity index (χ1) is 4.71. The van der Waals surface area contributed by atoms with Crippen LogP contribution >= 0.6 is 0 Å². The Morgan fingerprint density at radius 2 is 2.00 bits per heavy atom. The van der Waals surface area contributed by atoms with Gasteiger partial charge in [-0.15, -0.1) is 0 Å². The van der Waals surface area contributed by atoms with Gasteiger partial charge in [-0.25, -0.2) is 0 Å². The second-order valence-electron chi connectivity index (χ2n) is 3.87. The summed E-state index contributed by atoms with van der Waals surface area (Å²) in [5.74, 6) is 0. The molecule has 1 fully saturated rings. The molecule has 0 unspecified atom stereocenters. The molecular weight excluding hydrogens is 124 g/mol. The molecule has 1 saturated heterocycles. The van der Waals surface area contributed by atoms with Gasteiger partial charge in [0.1, 0.15) is 0 Å². The van der Waals surface area contributed by atoms with Crippen LogP contribution in [0.25, 0.3) is 0 Å². The van der Waals surface area contributed by atoms with Crippen LogP contribution in [0.2, 0.25) is 0 Å². The van der Waals surface area contributed by atoms with Gasteiger partial charge in [-0.1, -0.05) is 13.8 Å². The topological polar surface area (TPSA) is 24.1 Å². The van der Waals surface area contributed by atoms with Crippen molar-refractivity contribution in [1.29, 1.82) is 0 Å². The summed E-state index contributed by atoms with van der Waals surface area (Å²) in [5, 5.41) is 6.68. The lowest BCUT2D eigenvalue weighted by molar-refractivity contribution is 0.282. The van der Waals surface area contributed by atoms with Crippen molar-refractivity contribution in [2.75, 3.05) is 19.8 Å². The van der Waals surface area contributed by atoms with Crippen molar-refractivity contribution in [3.8, 4) is 0 Å². The molecule has 1 rings (SSSR count). The SMILES string of the molecule is CC1(C)CCCNCNC1. The van der Waals surface area contributed by atoms with E-state index in [0.717, 1.165) is 19.8 Å². The van der Waals surface area contributed by atoms with E-state index >= 15 is 0 Å². The van der Waals surface area contributed by atoms with Crippen molar-refractivity contribution in [3.05, 3.63) is 0 Å². The maximum absolute atomic E-state index is 3.37. The van der Waals surface area contributed by atoms with Crippen LogP contribution in [0.3, 0.4) is 0 Å². The quantitative estimate of drug-likeness (QED) is 0.526. The molecule has 0 aliphatic carbocycles. The van der Waals surface area contributed by atoms with Gasteiger partial charge in [0.2, 0.25) is 0 Å². The van der Waals surface area contributed by atoms with Crippen LogP contribution in [0.5, 0.6) is 0 Å². The van der Waals surface area contributed by atoms with Crippen molar-refractivity contribution in [1.82, 2.24) is 10.6 Å². The number of nitrogens with one attached hydrogen (secondary N) is 2. The highest BCUT2D eigenvalue weighted by Gasteiger charge is 2.17. The largest absolute Gasteiger partial charge is 0.304 e.